The van der Waals surface area contributed by atoms with E-state index in [0.717, 1.165) is 73.9 Å². The summed E-state index contributed by atoms with van der Waals surface area (Å²) in [7, 11) is 8.17. The number of methoxy groups -OCH3 is 4. The number of benzene rings is 3. The fraction of sp³-hybridized carbons (Fsp3) is 0.412. The van der Waals surface area contributed by atoms with Gasteiger partial charge in [-0.2, -0.15) is 0 Å². The van der Waals surface area contributed by atoms with Crippen molar-refractivity contribution in [2.75, 3.05) is 79.7 Å². The van der Waals surface area contributed by atoms with Gasteiger partial charge >= 0.3 is 0 Å². The average molecular weight is 602 g/mol. The Morgan fingerprint density at radius 1 is 0.909 bits per heavy atom. The molecule has 234 valence electrons. The van der Waals surface area contributed by atoms with Crippen molar-refractivity contribution in [2.24, 2.45) is 0 Å². The summed E-state index contributed by atoms with van der Waals surface area (Å²) in [6.07, 6.45) is 1.95. The van der Waals surface area contributed by atoms with Crippen molar-refractivity contribution >= 4 is 22.9 Å². The van der Waals surface area contributed by atoms with E-state index in [1.807, 2.05) is 37.4 Å². The molecule has 1 aromatic heterocycles. The van der Waals surface area contributed by atoms with E-state index in [0.29, 0.717) is 29.4 Å². The number of likely N-dealkylation sites (N-methyl/N-ethyl adjacent to an activating group) is 1. The van der Waals surface area contributed by atoms with E-state index in [-0.39, 0.29) is 11.8 Å². The number of nitrogens with zero attached hydrogens (tertiary/aromatic N) is 4. The summed E-state index contributed by atoms with van der Waals surface area (Å²) >= 11 is 0. The predicted octanol–water partition coefficient (Wildman–Crippen LogP) is 5.06. The molecule has 2 heterocycles. The fourth-order valence-electron chi connectivity index (χ4n) is 5.93. The van der Waals surface area contributed by atoms with Gasteiger partial charge in [-0.1, -0.05) is 24.3 Å². The Labute approximate surface area is 259 Å². The van der Waals surface area contributed by atoms with Gasteiger partial charge in [0.05, 0.1) is 39.5 Å². The van der Waals surface area contributed by atoms with Gasteiger partial charge in [-0.25, -0.2) is 4.98 Å². The molecular formula is C34H43N5O5. The van der Waals surface area contributed by atoms with Crippen LogP contribution in [0.4, 0.5) is 5.95 Å². The molecule has 1 aliphatic heterocycles. The molecule has 1 amide bonds. The van der Waals surface area contributed by atoms with Gasteiger partial charge in [-0.3, -0.25) is 4.79 Å². The van der Waals surface area contributed by atoms with Crippen LogP contribution in [0.15, 0.2) is 60.7 Å². The summed E-state index contributed by atoms with van der Waals surface area (Å²) in [5.41, 5.74) is 3.68. The molecule has 3 aromatic carbocycles. The monoisotopic (exact) mass is 601 g/mol. The molecule has 1 unspecified atom stereocenters. The molecule has 10 nitrogen and oxygen atoms in total. The largest absolute Gasteiger partial charge is 0.497 e. The summed E-state index contributed by atoms with van der Waals surface area (Å²) in [5.74, 6) is 3.09. The lowest BCUT2D eigenvalue weighted by Crippen LogP contribution is -2.35. The van der Waals surface area contributed by atoms with E-state index in [1.54, 1.807) is 45.5 Å². The Morgan fingerprint density at radius 2 is 1.68 bits per heavy atom. The minimum Gasteiger partial charge on any atom is -0.497 e. The Balaban J connectivity index is 1.28. The van der Waals surface area contributed by atoms with Gasteiger partial charge in [0, 0.05) is 44.7 Å². The second kappa shape index (κ2) is 14.4. The van der Waals surface area contributed by atoms with Crippen molar-refractivity contribution in [3.8, 4) is 23.0 Å². The minimum absolute atomic E-state index is 0.107. The Kier molecular flexibility index (Phi) is 10.1. The summed E-state index contributed by atoms with van der Waals surface area (Å²) in [4.78, 5) is 28.6. The molecule has 0 bridgehead atoms. The van der Waals surface area contributed by atoms with E-state index < -0.39 is 0 Å². The zero-order chi connectivity index (χ0) is 31.1. The van der Waals surface area contributed by atoms with Crippen molar-refractivity contribution in [3.63, 3.8) is 0 Å². The number of nitrogens with one attached hydrogen (secondary N) is 1. The summed E-state index contributed by atoms with van der Waals surface area (Å²) in [6.45, 7) is 5.29. The number of carbonyl (C=O) groups is 1. The summed E-state index contributed by atoms with van der Waals surface area (Å²) < 4.78 is 22.0. The van der Waals surface area contributed by atoms with Crippen molar-refractivity contribution in [2.45, 2.75) is 18.8 Å². The second-order valence-electron chi connectivity index (χ2n) is 11.1. The van der Waals surface area contributed by atoms with Crippen LogP contribution >= 0.6 is 0 Å². The number of para-hydroxylation sites is 2. The van der Waals surface area contributed by atoms with Crippen molar-refractivity contribution in [3.05, 3.63) is 71.8 Å². The molecule has 1 saturated heterocycles. The number of imidazole rings is 1. The quantitative estimate of drug-likeness (QED) is 0.241. The average Bonchev–Trinajstić information content (AvgIpc) is 3.36. The van der Waals surface area contributed by atoms with Crippen LogP contribution in [0.1, 0.15) is 34.7 Å². The number of anilines is 1. The molecule has 4 aromatic rings. The lowest BCUT2D eigenvalue weighted by Gasteiger charge is -2.28. The standard InChI is InChI=1S/C34H43N5O5/c1-37(33(40)26-21-30(42-3)32(44-5)31(22-26)43-4)23-25(24-10-8-11-27(20-24)41-2)14-17-38-15-9-16-39(19-18-38)34-35-28-12-6-7-13-29(28)36-34/h6-8,10-13,20-22,25H,9,14-19,23H2,1-5H3,(H,35,36). The van der Waals surface area contributed by atoms with E-state index >= 15 is 0 Å². The number of ether oxygens (including phenoxy) is 4. The van der Waals surface area contributed by atoms with Crippen LogP contribution in [-0.2, 0) is 0 Å². The molecule has 0 spiro atoms. The van der Waals surface area contributed by atoms with Gasteiger partial charge in [-0.05, 0) is 67.9 Å². The summed E-state index contributed by atoms with van der Waals surface area (Å²) in [5, 5.41) is 0. The van der Waals surface area contributed by atoms with Crippen LogP contribution in [0.25, 0.3) is 11.0 Å². The van der Waals surface area contributed by atoms with Crippen LogP contribution in [0.5, 0.6) is 23.0 Å². The van der Waals surface area contributed by atoms with Crippen LogP contribution in [-0.4, -0.2) is 100 Å². The number of aromatic amines is 1. The number of rotatable bonds is 12. The maximum Gasteiger partial charge on any atom is 0.253 e. The third-order valence-corrected chi connectivity index (χ3v) is 8.38. The second-order valence-corrected chi connectivity index (χ2v) is 11.1. The topological polar surface area (TPSA) is 92.4 Å². The maximum absolute atomic E-state index is 13.7. The molecule has 1 fully saturated rings. The fourth-order valence-corrected chi connectivity index (χ4v) is 5.93. The number of fused-ring (bicyclic) bond motifs is 1. The predicted molar refractivity (Wildman–Crippen MR) is 173 cm³/mol. The van der Waals surface area contributed by atoms with Crippen LogP contribution in [0.3, 0.4) is 0 Å². The molecule has 5 rings (SSSR count). The molecule has 0 aliphatic carbocycles. The normalized spacial score (nSPS) is 14.6. The van der Waals surface area contributed by atoms with E-state index in [4.69, 9.17) is 23.9 Å². The SMILES string of the molecule is COc1cccc(C(CCN2CCCN(c3nc4ccccc4[nH]3)CC2)CN(C)C(=O)c2cc(OC)c(OC)c(OC)c2)c1. The number of aromatic nitrogens is 2. The number of H-pyrrole nitrogens is 1. The third kappa shape index (κ3) is 7.02. The van der Waals surface area contributed by atoms with Crippen molar-refractivity contribution in [1.29, 1.82) is 0 Å². The minimum atomic E-state index is -0.117. The van der Waals surface area contributed by atoms with Crippen LogP contribution in [0, 0.1) is 0 Å². The lowest BCUT2D eigenvalue weighted by molar-refractivity contribution is 0.0782. The maximum atomic E-state index is 13.7. The van der Waals surface area contributed by atoms with Gasteiger partial charge < -0.3 is 38.6 Å². The number of hydrogen-bond acceptors (Lipinski definition) is 8. The number of amides is 1. The highest BCUT2D eigenvalue weighted by atomic mass is 16.5. The van der Waals surface area contributed by atoms with Crippen LogP contribution < -0.4 is 23.8 Å². The van der Waals surface area contributed by atoms with Crippen molar-refractivity contribution < 1.29 is 23.7 Å². The van der Waals surface area contributed by atoms with E-state index in [1.165, 1.54) is 0 Å². The molecule has 0 radical (unpaired) electrons. The van der Waals surface area contributed by atoms with Gasteiger partial charge in [-0.15, -0.1) is 0 Å². The van der Waals surface area contributed by atoms with Gasteiger partial charge in [0.15, 0.2) is 11.5 Å². The van der Waals surface area contributed by atoms with Crippen molar-refractivity contribution in [1.82, 2.24) is 19.8 Å². The van der Waals surface area contributed by atoms with E-state index in [9.17, 15) is 4.79 Å². The first-order valence-electron chi connectivity index (χ1n) is 15.1. The molecular weight excluding hydrogens is 558 g/mol. The Hall–Kier alpha value is -4.44. The molecule has 1 N–H and O–H groups in total. The van der Waals surface area contributed by atoms with Gasteiger partial charge in [0.25, 0.3) is 5.91 Å². The smallest absolute Gasteiger partial charge is 0.253 e. The molecule has 10 heteroatoms. The highest BCUT2D eigenvalue weighted by Gasteiger charge is 2.24. The summed E-state index contributed by atoms with van der Waals surface area (Å²) in [6, 6.07) is 19.7. The Morgan fingerprint density at radius 3 is 2.39 bits per heavy atom. The molecule has 1 aliphatic rings. The zero-order valence-electron chi connectivity index (χ0n) is 26.3. The lowest BCUT2D eigenvalue weighted by atomic mass is 9.94. The first-order chi connectivity index (χ1) is 21.4. The highest BCUT2D eigenvalue weighted by molar-refractivity contribution is 5.95. The number of carbonyl (C=O) groups excluding carboxylic acids is 1. The molecule has 44 heavy (non-hydrogen) atoms. The third-order valence-electron chi connectivity index (χ3n) is 8.38. The molecule has 0 saturated carbocycles. The van der Waals surface area contributed by atoms with Gasteiger partial charge in [0.2, 0.25) is 11.7 Å². The van der Waals surface area contributed by atoms with E-state index in [2.05, 4.69) is 33.0 Å². The first-order valence-corrected chi connectivity index (χ1v) is 15.1. The zero-order valence-corrected chi connectivity index (χ0v) is 26.3. The highest BCUT2D eigenvalue weighted by Crippen LogP contribution is 2.38. The van der Waals surface area contributed by atoms with Gasteiger partial charge in [0.1, 0.15) is 5.75 Å². The molecule has 1 atom stereocenters. The first kappa shape index (κ1) is 31.0. The Bertz CT molecular complexity index is 1500. The number of hydrogen-bond donors (Lipinski definition) is 1. The van der Waals surface area contributed by atoms with Crippen LogP contribution in [0.2, 0.25) is 0 Å².